The van der Waals surface area contributed by atoms with Crippen LogP contribution >= 0.6 is 0 Å². The molecule has 0 aliphatic carbocycles. The fourth-order valence-electron chi connectivity index (χ4n) is 2.63. The van der Waals surface area contributed by atoms with E-state index in [4.69, 9.17) is 4.52 Å². The van der Waals surface area contributed by atoms with Crippen LogP contribution in [0.5, 0.6) is 0 Å². The molecule has 1 amide bonds. The van der Waals surface area contributed by atoms with Gasteiger partial charge in [-0.2, -0.15) is 4.98 Å². The van der Waals surface area contributed by atoms with Crippen molar-refractivity contribution in [2.24, 2.45) is 0 Å². The van der Waals surface area contributed by atoms with E-state index in [0.717, 1.165) is 22.3 Å². The third-order valence-electron chi connectivity index (χ3n) is 3.99. The molecule has 1 aromatic carbocycles. The van der Waals surface area contributed by atoms with Crippen LogP contribution in [0.4, 0.5) is 5.69 Å². The van der Waals surface area contributed by atoms with E-state index in [1.54, 1.807) is 10.6 Å². The monoisotopic (exact) mass is 333 g/mol. The van der Waals surface area contributed by atoms with Crippen LogP contribution in [0.25, 0.3) is 17.0 Å². The number of aryl methyl sites for hydroxylation is 2. The maximum Gasteiger partial charge on any atom is 0.274 e. The third-order valence-corrected chi connectivity index (χ3v) is 3.99. The molecule has 4 aromatic rings. The first-order valence-corrected chi connectivity index (χ1v) is 7.74. The molecular weight excluding hydrogens is 318 g/mol. The Hall–Kier alpha value is -3.48. The molecule has 7 heteroatoms. The lowest BCUT2D eigenvalue weighted by Crippen LogP contribution is -2.15. The minimum atomic E-state index is -0.230. The van der Waals surface area contributed by atoms with E-state index in [2.05, 4.69) is 20.4 Å². The van der Waals surface area contributed by atoms with Gasteiger partial charge in [-0.3, -0.25) is 9.20 Å². The van der Waals surface area contributed by atoms with Crippen LogP contribution in [-0.4, -0.2) is 25.4 Å². The maximum atomic E-state index is 12.7. The average Bonchev–Trinajstić information content (AvgIpc) is 3.26. The molecule has 25 heavy (non-hydrogen) atoms. The summed E-state index contributed by atoms with van der Waals surface area (Å²) < 4.78 is 6.56. The van der Waals surface area contributed by atoms with E-state index in [-0.39, 0.29) is 5.91 Å². The SMILES string of the molecule is Cc1ccc2ncc(C(=O)Nc3cc(-c4ncon4)ccc3C)n2c1. The van der Waals surface area contributed by atoms with Gasteiger partial charge in [0.05, 0.1) is 6.20 Å². The highest BCUT2D eigenvalue weighted by molar-refractivity contribution is 6.04. The molecule has 0 saturated heterocycles. The van der Waals surface area contributed by atoms with E-state index in [1.165, 1.54) is 6.39 Å². The zero-order valence-electron chi connectivity index (χ0n) is 13.7. The zero-order valence-corrected chi connectivity index (χ0v) is 13.7. The molecule has 0 spiro atoms. The van der Waals surface area contributed by atoms with Crippen LogP contribution in [0.15, 0.2) is 53.6 Å². The summed E-state index contributed by atoms with van der Waals surface area (Å²) in [6.07, 6.45) is 4.73. The smallest absolute Gasteiger partial charge is 0.274 e. The average molecular weight is 333 g/mol. The summed E-state index contributed by atoms with van der Waals surface area (Å²) in [5.74, 6) is 0.243. The number of anilines is 1. The molecule has 7 nitrogen and oxygen atoms in total. The van der Waals surface area contributed by atoms with Gasteiger partial charge in [0.25, 0.3) is 5.91 Å². The summed E-state index contributed by atoms with van der Waals surface area (Å²) in [6, 6.07) is 9.46. The first-order chi connectivity index (χ1) is 12.1. The molecular formula is C18H15N5O2. The first kappa shape index (κ1) is 15.1. The summed E-state index contributed by atoms with van der Waals surface area (Å²) in [5.41, 5.74) is 4.65. The molecule has 124 valence electrons. The predicted octanol–water partition coefficient (Wildman–Crippen LogP) is 3.25. The summed E-state index contributed by atoms with van der Waals surface area (Å²) >= 11 is 0. The van der Waals surface area contributed by atoms with E-state index < -0.39 is 0 Å². The Morgan fingerprint density at radius 3 is 2.84 bits per heavy atom. The van der Waals surface area contributed by atoms with Gasteiger partial charge in [0.1, 0.15) is 11.3 Å². The number of fused-ring (bicyclic) bond motifs is 1. The second-order valence-electron chi connectivity index (χ2n) is 5.82. The largest absolute Gasteiger partial charge is 0.342 e. The molecule has 0 aliphatic heterocycles. The highest BCUT2D eigenvalue weighted by Gasteiger charge is 2.14. The van der Waals surface area contributed by atoms with Crippen molar-refractivity contribution in [2.45, 2.75) is 13.8 Å². The minimum absolute atomic E-state index is 0.230. The van der Waals surface area contributed by atoms with Crippen molar-refractivity contribution in [2.75, 3.05) is 5.32 Å². The number of carbonyl (C=O) groups excluding carboxylic acids is 1. The number of aromatic nitrogens is 4. The Morgan fingerprint density at radius 1 is 1.16 bits per heavy atom. The highest BCUT2D eigenvalue weighted by Crippen LogP contribution is 2.23. The maximum absolute atomic E-state index is 12.7. The van der Waals surface area contributed by atoms with Crippen LogP contribution in [0, 0.1) is 13.8 Å². The summed E-state index contributed by atoms with van der Waals surface area (Å²) in [6.45, 7) is 3.90. The number of nitrogens with zero attached hydrogens (tertiary/aromatic N) is 4. The van der Waals surface area contributed by atoms with Crippen molar-refractivity contribution < 1.29 is 9.32 Å². The number of benzene rings is 1. The van der Waals surface area contributed by atoms with Crippen LogP contribution in [0.3, 0.4) is 0 Å². The zero-order chi connectivity index (χ0) is 17.4. The molecule has 0 bridgehead atoms. The molecule has 4 rings (SSSR count). The van der Waals surface area contributed by atoms with E-state index in [1.807, 2.05) is 50.4 Å². The third kappa shape index (κ3) is 2.76. The lowest BCUT2D eigenvalue weighted by Gasteiger charge is -2.09. The molecule has 0 unspecified atom stereocenters. The fourth-order valence-corrected chi connectivity index (χ4v) is 2.63. The standard InChI is InChI=1S/C18H15N5O2/c1-11-3-6-16-19-8-15(23(16)9-11)18(24)21-14-7-13(5-4-12(14)2)17-20-10-25-22-17/h3-10H,1-2H3,(H,21,24). The number of carbonyl (C=O) groups is 1. The van der Waals surface area contributed by atoms with Gasteiger partial charge in [-0.1, -0.05) is 23.4 Å². The van der Waals surface area contributed by atoms with Crippen LogP contribution < -0.4 is 5.32 Å². The Bertz CT molecular complexity index is 1070. The molecule has 1 N–H and O–H groups in total. The highest BCUT2D eigenvalue weighted by atomic mass is 16.5. The number of imidazole rings is 1. The van der Waals surface area contributed by atoms with Gasteiger partial charge in [0.15, 0.2) is 0 Å². The number of amides is 1. The lowest BCUT2D eigenvalue weighted by molar-refractivity contribution is 0.102. The predicted molar refractivity (Wildman–Crippen MR) is 92.4 cm³/mol. The number of hydrogen-bond donors (Lipinski definition) is 1. The van der Waals surface area contributed by atoms with Crippen molar-refractivity contribution in [1.29, 1.82) is 0 Å². The summed E-state index contributed by atoms with van der Waals surface area (Å²) in [4.78, 5) is 21.0. The van der Waals surface area contributed by atoms with Gasteiger partial charge >= 0.3 is 0 Å². The molecule has 3 heterocycles. The second-order valence-corrected chi connectivity index (χ2v) is 5.82. The van der Waals surface area contributed by atoms with Crippen molar-refractivity contribution in [3.63, 3.8) is 0 Å². The van der Waals surface area contributed by atoms with Gasteiger partial charge in [-0.15, -0.1) is 0 Å². The Labute approximate surface area is 143 Å². The van der Waals surface area contributed by atoms with E-state index >= 15 is 0 Å². The van der Waals surface area contributed by atoms with Crippen LogP contribution in [0.1, 0.15) is 21.6 Å². The van der Waals surface area contributed by atoms with Crippen molar-refractivity contribution in [1.82, 2.24) is 19.5 Å². The number of rotatable bonds is 3. The quantitative estimate of drug-likeness (QED) is 0.622. The second kappa shape index (κ2) is 5.86. The number of nitrogens with one attached hydrogen (secondary N) is 1. The molecule has 0 aliphatic rings. The molecule has 0 atom stereocenters. The van der Waals surface area contributed by atoms with E-state index in [9.17, 15) is 4.79 Å². The number of hydrogen-bond acceptors (Lipinski definition) is 5. The fraction of sp³-hybridized carbons (Fsp3) is 0.111. The van der Waals surface area contributed by atoms with Gasteiger partial charge in [0.2, 0.25) is 12.2 Å². The normalized spacial score (nSPS) is 11.0. The van der Waals surface area contributed by atoms with Gasteiger partial charge in [-0.25, -0.2) is 4.98 Å². The van der Waals surface area contributed by atoms with Gasteiger partial charge < -0.3 is 9.84 Å². The van der Waals surface area contributed by atoms with Crippen molar-refractivity contribution in [3.8, 4) is 11.4 Å². The van der Waals surface area contributed by atoms with Gasteiger partial charge in [-0.05, 0) is 37.1 Å². The Morgan fingerprint density at radius 2 is 2.04 bits per heavy atom. The number of pyridine rings is 1. The van der Waals surface area contributed by atoms with Crippen LogP contribution in [-0.2, 0) is 0 Å². The molecule has 0 radical (unpaired) electrons. The topological polar surface area (TPSA) is 85.3 Å². The first-order valence-electron chi connectivity index (χ1n) is 7.74. The van der Waals surface area contributed by atoms with Crippen LogP contribution in [0.2, 0.25) is 0 Å². The van der Waals surface area contributed by atoms with Gasteiger partial charge in [0, 0.05) is 17.4 Å². The Kier molecular flexibility index (Phi) is 3.53. The summed E-state index contributed by atoms with van der Waals surface area (Å²) in [5, 5.41) is 6.76. The summed E-state index contributed by atoms with van der Waals surface area (Å²) in [7, 11) is 0. The molecule has 0 saturated carbocycles. The van der Waals surface area contributed by atoms with Crippen molar-refractivity contribution in [3.05, 3.63) is 65.9 Å². The Balaban J connectivity index is 1.68. The van der Waals surface area contributed by atoms with E-state index in [0.29, 0.717) is 17.2 Å². The molecule has 0 fully saturated rings. The van der Waals surface area contributed by atoms with Crippen molar-refractivity contribution >= 4 is 17.2 Å². The molecule has 3 aromatic heterocycles. The minimum Gasteiger partial charge on any atom is -0.342 e. The lowest BCUT2D eigenvalue weighted by atomic mass is 10.1.